The second-order valence-corrected chi connectivity index (χ2v) is 4.83. The zero-order chi connectivity index (χ0) is 15.0. The van der Waals surface area contributed by atoms with Gasteiger partial charge < -0.3 is 16.4 Å². The van der Waals surface area contributed by atoms with Crippen molar-refractivity contribution in [2.75, 3.05) is 18.8 Å². The summed E-state index contributed by atoms with van der Waals surface area (Å²) in [6.45, 7) is 2.60. The van der Waals surface area contributed by atoms with Gasteiger partial charge in [0.25, 0.3) is 0 Å². The van der Waals surface area contributed by atoms with Gasteiger partial charge in [-0.3, -0.25) is 9.59 Å². The Bertz CT molecular complexity index is 466. The molecule has 1 aromatic carbocycles. The molecule has 4 N–H and O–H groups in total. The van der Waals surface area contributed by atoms with Crippen LogP contribution in [0.2, 0.25) is 0 Å². The van der Waals surface area contributed by atoms with E-state index in [1.165, 1.54) is 4.90 Å². The second-order valence-electron chi connectivity index (χ2n) is 4.83. The van der Waals surface area contributed by atoms with Crippen LogP contribution in [0.25, 0.3) is 0 Å². The Labute approximate surface area is 132 Å². The maximum absolute atomic E-state index is 12.1. The Balaban J connectivity index is 0.00000400. The molecule has 0 spiro atoms. The normalized spacial score (nSPS) is 9.76. The van der Waals surface area contributed by atoms with E-state index in [2.05, 4.69) is 0 Å². The van der Waals surface area contributed by atoms with Crippen LogP contribution in [0.4, 0.5) is 5.69 Å². The number of benzene rings is 1. The maximum Gasteiger partial charge on any atom is 0.237 e. The number of para-hydroxylation sites is 1. The smallest absolute Gasteiger partial charge is 0.237 e. The van der Waals surface area contributed by atoms with Crippen LogP contribution in [0.5, 0.6) is 0 Å². The zero-order valence-corrected chi connectivity index (χ0v) is 13.2. The average Bonchev–Trinajstić information content (AvgIpc) is 2.41. The van der Waals surface area contributed by atoms with Crippen molar-refractivity contribution in [3.8, 4) is 0 Å². The summed E-state index contributed by atoms with van der Waals surface area (Å²) < 4.78 is 0. The van der Waals surface area contributed by atoms with Crippen molar-refractivity contribution >= 4 is 29.9 Å². The fraction of sp³-hybridized carbons (Fsp3) is 0.467. The molecule has 0 bridgehead atoms. The SMILES string of the molecule is CCCCN(CC(N)=O)C(=O)CCc1ccccc1N.Cl. The second kappa shape index (κ2) is 10.0. The van der Waals surface area contributed by atoms with Gasteiger partial charge in [-0.25, -0.2) is 0 Å². The first kappa shape index (κ1) is 19.2. The molecule has 1 aromatic rings. The maximum atomic E-state index is 12.1. The topological polar surface area (TPSA) is 89.4 Å². The van der Waals surface area contributed by atoms with E-state index in [1.54, 1.807) is 0 Å². The third-order valence-corrected chi connectivity index (χ3v) is 3.14. The molecule has 118 valence electrons. The lowest BCUT2D eigenvalue weighted by atomic mass is 10.1. The highest BCUT2D eigenvalue weighted by Gasteiger charge is 2.15. The first-order chi connectivity index (χ1) is 9.54. The summed E-state index contributed by atoms with van der Waals surface area (Å²) in [5, 5.41) is 0. The fourth-order valence-corrected chi connectivity index (χ4v) is 1.99. The number of nitrogens with two attached hydrogens (primary N) is 2. The standard InChI is InChI=1S/C15H23N3O2.ClH/c1-2-3-10-18(11-14(17)19)15(20)9-8-12-6-4-5-7-13(12)16;/h4-7H,2-3,8-11,16H2,1H3,(H2,17,19);1H. The monoisotopic (exact) mass is 313 g/mol. The van der Waals surface area contributed by atoms with E-state index in [-0.39, 0.29) is 24.9 Å². The molecule has 0 heterocycles. The molecular weight excluding hydrogens is 290 g/mol. The lowest BCUT2D eigenvalue weighted by Crippen LogP contribution is -2.39. The number of aryl methyl sites for hydroxylation is 1. The molecule has 0 unspecified atom stereocenters. The molecule has 0 saturated heterocycles. The van der Waals surface area contributed by atoms with Gasteiger partial charge in [0.1, 0.15) is 0 Å². The molecule has 2 amide bonds. The van der Waals surface area contributed by atoms with E-state index in [0.717, 1.165) is 18.4 Å². The number of amides is 2. The number of nitrogens with zero attached hydrogens (tertiary/aromatic N) is 1. The van der Waals surface area contributed by atoms with Crippen molar-refractivity contribution in [3.05, 3.63) is 29.8 Å². The molecule has 0 saturated carbocycles. The number of nitrogen functional groups attached to an aromatic ring is 1. The van der Waals surface area contributed by atoms with Gasteiger partial charge in [0.2, 0.25) is 11.8 Å². The number of halogens is 1. The molecular formula is C15H24ClN3O2. The number of anilines is 1. The largest absolute Gasteiger partial charge is 0.399 e. The van der Waals surface area contributed by atoms with Gasteiger partial charge in [-0.15, -0.1) is 12.4 Å². The van der Waals surface area contributed by atoms with E-state index in [0.29, 0.717) is 25.1 Å². The van der Waals surface area contributed by atoms with Crippen LogP contribution in [0.15, 0.2) is 24.3 Å². The third-order valence-electron chi connectivity index (χ3n) is 3.14. The Morgan fingerprint density at radius 2 is 1.90 bits per heavy atom. The Kier molecular flexibility index (Phi) is 9.21. The van der Waals surface area contributed by atoms with Crippen molar-refractivity contribution in [1.29, 1.82) is 0 Å². The molecule has 21 heavy (non-hydrogen) atoms. The van der Waals surface area contributed by atoms with Gasteiger partial charge >= 0.3 is 0 Å². The van der Waals surface area contributed by atoms with Crippen LogP contribution >= 0.6 is 12.4 Å². The molecule has 5 nitrogen and oxygen atoms in total. The minimum absolute atomic E-state index is 0. The summed E-state index contributed by atoms with van der Waals surface area (Å²) in [6.07, 6.45) is 2.75. The molecule has 0 radical (unpaired) electrons. The first-order valence-corrected chi connectivity index (χ1v) is 6.94. The van der Waals surface area contributed by atoms with Crippen molar-refractivity contribution in [1.82, 2.24) is 4.90 Å². The first-order valence-electron chi connectivity index (χ1n) is 6.94. The minimum Gasteiger partial charge on any atom is -0.399 e. The van der Waals surface area contributed by atoms with Crippen molar-refractivity contribution < 1.29 is 9.59 Å². The Morgan fingerprint density at radius 1 is 1.24 bits per heavy atom. The lowest BCUT2D eigenvalue weighted by Gasteiger charge is -2.21. The predicted molar refractivity (Wildman–Crippen MR) is 87.1 cm³/mol. The summed E-state index contributed by atoms with van der Waals surface area (Å²) in [5.74, 6) is -0.533. The molecule has 0 aliphatic carbocycles. The highest BCUT2D eigenvalue weighted by molar-refractivity contribution is 5.85. The number of carbonyl (C=O) groups excluding carboxylic acids is 2. The molecule has 0 fully saturated rings. The number of primary amides is 1. The third kappa shape index (κ3) is 6.99. The van der Waals surface area contributed by atoms with Crippen molar-refractivity contribution in [2.45, 2.75) is 32.6 Å². The van der Waals surface area contributed by atoms with Crippen LogP contribution < -0.4 is 11.5 Å². The highest BCUT2D eigenvalue weighted by Crippen LogP contribution is 2.13. The Morgan fingerprint density at radius 3 is 2.48 bits per heavy atom. The van der Waals surface area contributed by atoms with Crippen LogP contribution in [-0.2, 0) is 16.0 Å². The summed E-state index contributed by atoms with van der Waals surface area (Å²) in [6, 6.07) is 7.49. The van der Waals surface area contributed by atoms with E-state index in [4.69, 9.17) is 11.5 Å². The van der Waals surface area contributed by atoms with Gasteiger partial charge in [0.15, 0.2) is 0 Å². The van der Waals surface area contributed by atoms with Gasteiger partial charge in [-0.2, -0.15) is 0 Å². The summed E-state index contributed by atoms with van der Waals surface area (Å²) in [7, 11) is 0. The van der Waals surface area contributed by atoms with Crippen LogP contribution in [0, 0.1) is 0 Å². The van der Waals surface area contributed by atoms with Crippen molar-refractivity contribution in [2.24, 2.45) is 5.73 Å². The molecule has 0 aliphatic heterocycles. The lowest BCUT2D eigenvalue weighted by molar-refractivity contribution is -0.135. The van der Waals surface area contributed by atoms with Gasteiger partial charge in [-0.05, 0) is 24.5 Å². The quantitative estimate of drug-likeness (QED) is 0.716. The molecule has 6 heteroatoms. The predicted octanol–water partition coefficient (Wildman–Crippen LogP) is 1.74. The summed E-state index contributed by atoms with van der Waals surface area (Å²) >= 11 is 0. The van der Waals surface area contributed by atoms with Crippen molar-refractivity contribution in [3.63, 3.8) is 0 Å². The summed E-state index contributed by atoms with van der Waals surface area (Å²) in [4.78, 5) is 24.7. The number of carbonyl (C=O) groups is 2. The number of unbranched alkanes of at least 4 members (excludes halogenated alkanes) is 1. The van der Waals surface area contributed by atoms with E-state index in [9.17, 15) is 9.59 Å². The minimum atomic E-state index is -0.478. The van der Waals surface area contributed by atoms with Crippen LogP contribution in [0.1, 0.15) is 31.7 Å². The van der Waals surface area contributed by atoms with E-state index < -0.39 is 5.91 Å². The number of hydrogen-bond acceptors (Lipinski definition) is 3. The molecule has 1 rings (SSSR count). The number of hydrogen-bond donors (Lipinski definition) is 2. The van der Waals surface area contributed by atoms with Gasteiger partial charge in [-0.1, -0.05) is 31.5 Å². The Hall–Kier alpha value is -1.75. The fourth-order valence-electron chi connectivity index (χ4n) is 1.99. The van der Waals surface area contributed by atoms with Crippen LogP contribution in [0.3, 0.4) is 0 Å². The van der Waals surface area contributed by atoms with Gasteiger partial charge in [0.05, 0.1) is 6.54 Å². The van der Waals surface area contributed by atoms with E-state index in [1.807, 2.05) is 31.2 Å². The van der Waals surface area contributed by atoms with Gasteiger partial charge in [0, 0.05) is 18.7 Å². The zero-order valence-electron chi connectivity index (χ0n) is 12.4. The highest BCUT2D eigenvalue weighted by atomic mass is 35.5. The molecule has 0 aliphatic rings. The summed E-state index contributed by atoms with van der Waals surface area (Å²) in [5.41, 5.74) is 12.7. The molecule has 0 atom stereocenters. The number of rotatable bonds is 8. The average molecular weight is 314 g/mol. The van der Waals surface area contributed by atoms with Crippen LogP contribution in [-0.4, -0.2) is 29.8 Å². The van der Waals surface area contributed by atoms with E-state index >= 15 is 0 Å². The molecule has 0 aromatic heterocycles.